The molecule has 2 unspecified atom stereocenters. The van der Waals surface area contributed by atoms with E-state index in [1.54, 1.807) is 17.0 Å². The molecule has 2 atom stereocenters. The summed E-state index contributed by atoms with van der Waals surface area (Å²) in [7, 11) is 0. The SMILES string of the molecule is O=C(c1ccccc1F)N1CCN(C(=O)C2CC2c2ccccc2)CC1. The number of halogens is 1. The van der Waals surface area contributed by atoms with Crippen molar-refractivity contribution in [1.82, 2.24) is 9.80 Å². The zero-order chi connectivity index (χ0) is 18.1. The van der Waals surface area contributed by atoms with E-state index in [4.69, 9.17) is 0 Å². The van der Waals surface area contributed by atoms with Gasteiger partial charge < -0.3 is 9.80 Å². The standard InChI is InChI=1S/C21H21FN2O2/c22-19-9-5-4-8-16(19)20(25)23-10-12-24(13-11-23)21(26)18-14-17(18)15-6-2-1-3-7-15/h1-9,17-18H,10-14H2. The van der Waals surface area contributed by atoms with Crippen LogP contribution in [0.4, 0.5) is 4.39 Å². The molecule has 0 radical (unpaired) electrons. The molecule has 2 aromatic rings. The van der Waals surface area contributed by atoms with Crippen molar-refractivity contribution in [1.29, 1.82) is 0 Å². The fourth-order valence-electron chi connectivity index (χ4n) is 3.71. The van der Waals surface area contributed by atoms with Crippen molar-refractivity contribution < 1.29 is 14.0 Å². The van der Waals surface area contributed by atoms with Gasteiger partial charge >= 0.3 is 0 Å². The Balaban J connectivity index is 1.33. The molecule has 1 aliphatic carbocycles. The molecule has 0 bridgehead atoms. The van der Waals surface area contributed by atoms with E-state index < -0.39 is 5.82 Å². The second-order valence-corrected chi connectivity index (χ2v) is 6.96. The quantitative estimate of drug-likeness (QED) is 0.852. The zero-order valence-electron chi connectivity index (χ0n) is 14.5. The minimum Gasteiger partial charge on any atom is -0.339 e. The Morgan fingerprint density at radius 2 is 1.46 bits per heavy atom. The summed E-state index contributed by atoms with van der Waals surface area (Å²) in [5.41, 5.74) is 1.32. The van der Waals surface area contributed by atoms with Gasteiger partial charge in [0, 0.05) is 32.1 Å². The molecule has 5 heteroatoms. The normalized spacial score (nSPS) is 22.2. The number of amides is 2. The fraction of sp³-hybridized carbons (Fsp3) is 0.333. The second-order valence-electron chi connectivity index (χ2n) is 6.96. The van der Waals surface area contributed by atoms with Crippen molar-refractivity contribution in [2.45, 2.75) is 12.3 Å². The Kier molecular flexibility index (Phi) is 4.45. The summed E-state index contributed by atoms with van der Waals surface area (Å²) in [6.07, 6.45) is 0.900. The zero-order valence-corrected chi connectivity index (χ0v) is 14.5. The number of piperazine rings is 1. The summed E-state index contributed by atoms with van der Waals surface area (Å²) in [5, 5.41) is 0. The molecule has 2 aromatic carbocycles. The average molecular weight is 352 g/mol. The third-order valence-electron chi connectivity index (χ3n) is 5.32. The van der Waals surface area contributed by atoms with E-state index in [-0.39, 0.29) is 23.3 Å². The molecule has 1 saturated heterocycles. The van der Waals surface area contributed by atoms with E-state index in [1.807, 2.05) is 23.1 Å². The topological polar surface area (TPSA) is 40.6 Å². The molecule has 4 nitrogen and oxygen atoms in total. The number of nitrogens with zero attached hydrogens (tertiary/aromatic N) is 2. The Labute approximate surface area is 152 Å². The van der Waals surface area contributed by atoms with E-state index in [2.05, 4.69) is 12.1 Å². The Hall–Kier alpha value is -2.69. The van der Waals surface area contributed by atoms with Crippen molar-refractivity contribution >= 4 is 11.8 Å². The number of hydrogen-bond donors (Lipinski definition) is 0. The van der Waals surface area contributed by atoms with Gasteiger partial charge in [0.2, 0.25) is 5.91 Å². The average Bonchev–Trinajstić information content (AvgIpc) is 3.49. The highest BCUT2D eigenvalue weighted by molar-refractivity contribution is 5.94. The number of rotatable bonds is 3. The molecule has 26 heavy (non-hydrogen) atoms. The summed E-state index contributed by atoms with van der Waals surface area (Å²) in [6.45, 7) is 1.91. The summed E-state index contributed by atoms with van der Waals surface area (Å²) < 4.78 is 13.8. The maximum absolute atomic E-state index is 13.8. The van der Waals surface area contributed by atoms with Gasteiger partial charge in [0.1, 0.15) is 5.82 Å². The van der Waals surface area contributed by atoms with E-state index in [1.165, 1.54) is 17.7 Å². The van der Waals surface area contributed by atoms with Crippen LogP contribution in [0.1, 0.15) is 28.3 Å². The van der Waals surface area contributed by atoms with E-state index in [0.29, 0.717) is 32.1 Å². The molecular weight excluding hydrogens is 331 g/mol. The molecule has 2 amide bonds. The molecule has 4 rings (SSSR count). The van der Waals surface area contributed by atoms with Gasteiger partial charge in [-0.05, 0) is 30.0 Å². The largest absolute Gasteiger partial charge is 0.339 e. The van der Waals surface area contributed by atoms with Crippen LogP contribution in [0, 0.1) is 11.7 Å². The first-order valence-corrected chi connectivity index (χ1v) is 9.02. The van der Waals surface area contributed by atoms with Gasteiger partial charge in [-0.25, -0.2) is 4.39 Å². The van der Waals surface area contributed by atoms with Gasteiger partial charge in [-0.1, -0.05) is 42.5 Å². The summed E-state index contributed by atoms with van der Waals surface area (Å²) in [4.78, 5) is 28.6. The van der Waals surface area contributed by atoms with Crippen molar-refractivity contribution in [3.8, 4) is 0 Å². The number of hydrogen-bond acceptors (Lipinski definition) is 2. The lowest BCUT2D eigenvalue weighted by atomic mass is 10.1. The Morgan fingerprint density at radius 3 is 2.15 bits per heavy atom. The molecular formula is C21H21FN2O2. The van der Waals surface area contributed by atoms with Crippen molar-refractivity contribution in [2.75, 3.05) is 26.2 Å². The Bertz CT molecular complexity index is 816. The molecule has 1 heterocycles. The fourth-order valence-corrected chi connectivity index (χ4v) is 3.71. The molecule has 134 valence electrons. The van der Waals surface area contributed by atoms with Gasteiger partial charge in [0.05, 0.1) is 5.56 Å². The summed E-state index contributed by atoms with van der Waals surface area (Å²) in [6, 6.07) is 16.2. The third kappa shape index (κ3) is 3.21. The minimum atomic E-state index is -0.500. The predicted molar refractivity (Wildman–Crippen MR) is 96.2 cm³/mol. The molecule has 1 saturated carbocycles. The van der Waals surface area contributed by atoms with Crippen LogP contribution in [0.3, 0.4) is 0 Å². The van der Waals surface area contributed by atoms with Crippen LogP contribution in [0.2, 0.25) is 0 Å². The lowest BCUT2D eigenvalue weighted by molar-refractivity contribution is -0.134. The van der Waals surface area contributed by atoms with Gasteiger partial charge in [0.15, 0.2) is 0 Å². The van der Waals surface area contributed by atoms with Crippen LogP contribution < -0.4 is 0 Å². The molecule has 2 aliphatic rings. The van der Waals surface area contributed by atoms with Crippen LogP contribution in [0.15, 0.2) is 54.6 Å². The molecule has 0 spiro atoms. The highest BCUT2D eigenvalue weighted by atomic mass is 19.1. The monoisotopic (exact) mass is 352 g/mol. The van der Waals surface area contributed by atoms with Crippen LogP contribution in [-0.2, 0) is 4.79 Å². The van der Waals surface area contributed by atoms with Crippen molar-refractivity contribution in [3.63, 3.8) is 0 Å². The molecule has 0 aromatic heterocycles. The molecule has 2 fully saturated rings. The third-order valence-corrected chi connectivity index (χ3v) is 5.32. The number of carbonyl (C=O) groups is 2. The van der Waals surface area contributed by atoms with E-state index >= 15 is 0 Å². The summed E-state index contributed by atoms with van der Waals surface area (Å²) >= 11 is 0. The van der Waals surface area contributed by atoms with Crippen LogP contribution in [0.5, 0.6) is 0 Å². The Morgan fingerprint density at radius 1 is 0.846 bits per heavy atom. The first-order chi connectivity index (χ1) is 12.6. The smallest absolute Gasteiger partial charge is 0.256 e. The highest BCUT2D eigenvalue weighted by Crippen LogP contribution is 2.48. The first-order valence-electron chi connectivity index (χ1n) is 9.02. The van der Waals surface area contributed by atoms with Gasteiger partial charge in [0.25, 0.3) is 5.91 Å². The van der Waals surface area contributed by atoms with Gasteiger partial charge in [-0.2, -0.15) is 0 Å². The summed E-state index contributed by atoms with van der Waals surface area (Å²) in [5.74, 6) is -0.242. The first kappa shape index (κ1) is 16.8. The maximum Gasteiger partial charge on any atom is 0.256 e. The van der Waals surface area contributed by atoms with E-state index in [9.17, 15) is 14.0 Å². The molecule has 0 N–H and O–H groups in total. The maximum atomic E-state index is 13.8. The van der Waals surface area contributed by atoms with E-state index in [0.717, 1.165) is 6.42 Å². The van der Waals surface area contributed by atoms with Crippen LogP contribution in [-0.4, -0.2) is 47.8 Å². The van der Waals surface area contributed by atoms with Crippen molar-refractivity contribution in [3.05, 3.63) is 71.5 Å². The number of carbonyl (C=O) groups excluding carboxylic acids is 2. The van der Waals surface area contributed by atoms with Gasteiger partial charge in [-0.15, -0.1) is 0 Å². The highest BCUT2D eigenvalue weighted by Gasteiger charge is 2.46. The number of benzene rings is 2. The lowest BCUT2D eigenvalue weighted by Gasteiger charge is -2.35. The minimum absolute atomic E-state index is 0.0613. The molecule has 1 aliphatic heterocycles. The predicted octanol–water partition coefficient (Wildman–Crippen LogP) is 2.91. The second kappa shape index (κ2) is 6.90. The van der Waals surface area contributed by atoms with Crippen LogP contribution in [0.25, 0.3) is 0 Å². The van der Waals surface area contributed by atoms with Gasteiger partial charge in [-0.3, -0.25) is 9.59 Å². The van der Waals surface area contributed by atoms with Crippen LogP contribution >= 0.6 is 0 Å². The lowest BCUT2D eigenvalue weighted by Crippen LogP contribution is -2.51. The van der Waals surface area contributed by atoms with Crippen molar-refractivity contribution in [2.24, 2.45) is 5.92 Å².